The van der Waals surface area contributed by atoms with E-state index in [0.29, 0.717) is 23.1 Å². The number of nitrogens with two attached hydrogens (primary N) is 1. The summed E-state index contributed by atoms with van der Waals surface area (Å²) >= 11 is 0. The second-order valence-electron chi connectivity index (χ2n) is 5.84. The summed E-state index contributed by atoms with van der Waals surface area (Å²) in [6.45, 7) is 1.69. The third-order valence-corrected chi connectivity index (χ3v) is 3.80. The minimum atomic E-state index is -0.829. The van der Waals surface area contributed by atoms with E-state index < -0.39 is 17.6 Å². The molecule has 0 atom stereocenters. The van der Waals surface area contributed by atoms with E-state index >= 15 is 0 Å². The van der Waals surface area contributed by atoms with Gasteiger partial charge in [0, 0.05) is 18.9 Å². The van der Waals surface area contributed by atoms with E-state index in [4.69, 9.17) is 19.6 Å². The quantitative estimate of drug-likeness (QED) is 0.378. The van der Waals surface area contributed by atoms with Gasteiger partial charge in [0.2, 0.25) is 0 Å². The van der Waals surface area contributed by atoms with Crippen LogP contribution in [0.25, 0.3) is 11.0 Å². The summed E-state index contributed by atoms with van der Waals surface area (Å²) in [5.41, 5.74) is 6.34. The van der Waals surface area contributed by atoms with Crippen LogP contribution in [0.2, 0.25) is 0 Å². The number of carbonyl (C=O) groups is 2. The van der Waals surface area contributed by atoms with Crippen LogP contribution in [0.15, 0.2) is 57.7 Å². The van der Waals surface area contributed by atoms with Gasteiger partial charge in [0.05, 0.1) is 0 Å². The minimum Gasteiger partial charge on any atom is -0.461 e. The number of hydrogen-bond acceptors (Lipinski definition) is 7. The van der Waals surface area contributed by atoms with Gasteiger partial charge in [-0.05, 0) is 41.5 Å². The lowest BCUT2D eigenvalue weighted by atomic mass is 10.1. The van der Waals surface area contributed by atoms with Crippen molar-refractivity contribution in [3.8, 4) is 5.75 Å². The summed E-state index contributed by atoms with van der Waals surface area (Å²) in [5, 5.41) is 0.516. The molecular formula is C20H20ClNO7. The maximum atomic E-state index is 12.4. The number of benzene rings is 2. The number of rotatable bonds is 5. The van der Waals surface area contributed by atoms with Gasteiger partial charge >= 0.3 is 17.6 Å². The zero-order chi connectivity index (χ0) is 19.4. The van der Waals surface area contributed by atoms with Gasteiger partial charge in [0.1, 0.15) is 23.5 Å². The van der Waals surface area contributed by atoms with E-state index in [2.05, 4.69) is 0 Å². The third kappa shape index (κ3) is 5.89. The van der Waals surface area contributed by atoms with Gasteiger partial charge in [-0.2, -0.15) is 0 Å². The van der Waals surface area contributed by atoms with Crippen LogP contribution in [0.5, 0.6) is 5.75 Å². The monoisotopic (exact) mass is 421 g/mol. The van der Waals surface area contributed by atoms with Gasteiger partial charge in [-0.15, -0.1) is 12.4 Å². The molecule has 9 heteroatoms. The Bertz CT molecular complexity index is 1080. The van der Waals surface area contributed by atoms with Crippen LogP contribution in [0, 0.1) is 0 Å². The van der Waals surface area contributed by atoms with Gasteiger partial charge in [-0.1, -0.05) is 18.2 Å². The highest BCUT2D eigenvalue weighted by atomic mass is 35.5. The molecule has 8 nitrogen and oxygen atoms in total. The Balaban J connectivity index is 0.00000210. The molecule has 4 N–H and O–H groups in total. The molecule has 0 fully saturated rings. The van der Waals surface area contributed by atoms with Crippen LogP contribution in [-0.2, 0) is 22.7 Å². The van der Waals surface area contributed by atoms with Crippen LogP contribution < -0.4 is 16.1 Å². The van der Waals surface area contributed by atoms with Crippen molar-refractivity contribution in [3.63, 3.8) is 0 Å². The van der Waals surface area contributed by atoms with Crippen molar-refractivity contribution < 1.29 is 29.0 Å². The summed E-state index contributed by atoms with van der Waals surface area (Å²) in [7, 11) is 0. The number of ether oxygens (including phenoxy) is 2. The molecule has 154 valence electrons. The molecule has 3 aromatic rings. The third-order valence-electron chi connectivity index (χ3n) is 3.80. The first-order chi connectivity index (χ1) is 13.0. The van der Waals surface area contributed by atoms with Crippen molar-refractivity contribution in [1.29, 1.82) is 0 Å². The van der Waals surface area contributed by atoms with Crippen molar-refractivity contribution in [2.24, 2.45) is 5.73 Å². The van der Waals surface area contributed by atoms with E-state index in [0.717, 1.165) is 5.56 Å². The Hall–Kier alpha value is -3.20. The second kappa shape index (κ2) is 10.4. The highest BCUT2D eigenvalue weighted by molar-refractivity contribution is 5.94. The van der Waals surface area contributed by atoms with Gasteiger partial charge in [-0.25, -0.2) is 9.59 Å². The Morgan fingerprint density at radius 2 is 1.83 bits per heavy atom. The van der Waals surface area contributed by atoms with Gasteiger partial charge in [0.25, 0.3) is 0 Å². The second-order valence-corrected chi connectivity index (χ2v) is 5.84. The van der Waals surface area contributed by atoms with E-state index in [-0.39, 0.29) is 35.8 Å². The Kier molecular flexibility index (Phi) is 8.53. The lowest BCUT2D eigenvalue weighted by Crippen LogP contribution is -2.18. The molecule has 0 radical (unpaired) electrons. The summed E-state index contributed by atoms with van der Waals surface area (Å²) < 4.78 is 15.4. The van der Waals surface area contributed by atoms with Crippen LogP contribution in [0.3, 0.4) is 0 Å². The topological polar surface area (TPSA) is 140 Å². The molecule has 0 bridgehead atoms. The number of halogens is 1. The fourth-order valence-corrected chi connectivity index (χ4v) is 2.49. The molecule has 0 aliphatic rings. The highest BCUT2D eigenvalue weighted by Crippen LogP contribution is 2.19. The normalized spacial score (nSPS) is 9.86. The van der Waals surface area contributed by atoms with Crippen LogP contribution >= 0.6 is 12.4 Å². The zero-order valence-corrected chi connectivity index (χ0v) is 16.3. The molecule has 1 heterocycles. The van der Waals surface area contributed by atoms with Crippen molar-refractivity contribution in [3.05, 3.63) is 75.6 Å². The van der Waals surface area contributed by atoms with Crippen molar-refractivity contribution >= 4 is 35.3 Å². The van der Waals surface area contributed by atoms with Crippen molar-refractivity contribution in [1.82, 2.24) is 0 Å². The van der Waals surface area contributed by atoms with Gasteiger partial charge < -0.3 is 25.1 Å². The number of hydrogen-bond donors (Lipinski definition) is 1. The maximum Gasteiger partial charge on any atom is 0.351 e. The lowest BCUT2D eigenvalue weighted by molar-refractivity contribution is -0.142. The van der Waals surface area contributed by atoms with E-state index in [1.54, 1.807) is 42.5 Å². The summed E-state index contributed by atoms with van der Waals surface area (Å²) in [6.07, 6.45) is 0. The Labute approximate surface area is 171 Å². The van der Waals surface area contributed by atoms with E-state index in [1.165, 1.54) is 13.0 Å². The predicted octanol–water partition coefficient (Wildman–Crippen LogP) is 2.13. The van der Waals surface area contributed by atoms with Crippen molar-refractivity contribution in [2.75, 3.05) is 0 Å². The molecule has 0 aliphatic carbocycles. The lowest BCUT2D eigenvalue weighted by Gasteiger charge is -2.07. The molecule has 2 aromatic carbocycles. The van der Waals surface area contributed by atoms with Crippen LogP contribution in [0.1, 0.15) is 28.4 Å². The maximum absolute atomic E-state index is 12.4. The highest BCUT2D eigenvalue weighted by Gasteiger charge is 2.16. The Morgan fingerprint density at radius 1 is 1.07 bits per heavy atom. The zero-order valence-electron chi connectivity index (χ0n) is 15.5. The summed E-state index contributed by atoms with van der Waals surface area (Å²) in [4.78, 5) is 35.5. The Morgan fingerprint density at radius 3 is 2.52 bits per heavy atom. The minimum absolute atomic E-state index is 0. The van der Waals surface area contributed by atoms with Crippen LogP contribution in [-0.4, -0.2) is 17.4 Å². The van der Waals surface area contributed by atoms with Crippen molar-refractivity contribution in [2.45, 2.75) is 20.1 Å². The molecule has 0 spiro atoms. The fourth-order valence-electron chi connectivity index (χ4n) is 2.49. The number of fused-ring (bicyclic) bond motifs is 1. The van der Waals surface area contributed by atoms with E-state index in [1.807, 2.05) is 0 Å². The predicted molar refractivity (Wildman–Crippen MR) is 108 cm³/mol. The molecule has 1 aromatic heterocycles. The van der Waals surface area contributed by atoms with E-state index in [9.17, 15) is 14.4 Å². The molecule has 0 aliphatic heterocycles. The fraction of sp³-hybridized carbons (Fsp3) is 0.150. The summed E-state index contributed by atoms with van der Waals surface area (Å²) in [5.74, 6) is -0.949. The number of carbonyl (C=O) groups excluding carboxylic acids is 2. The molecule has 0 unspecified atom stereocenters. The first-order valence-corrected chi connectivity index (χ1v) is 8.17. The average Bonchev–Trinajstić information content (AvgIpc) is 2.65. The molecular weight excluding hydrogens is 402 g/mol. The molecule has 3 rings (SSSR count). The molecule has 29 heavy (non-hydrogen) atoms. The molecule has 0 saturated heterocycles. The molecule has 0 amide bonds. The summed E-state index contributed by atoms with van der Waals surface area (Å²) in [6, 6.07) is 13.0. The smallest absolute Gasteiger partial charge is 0.351 e. The van der Waals surface area contributed by atoms with Gasteiger partial charge in [0.15, 0.2) is 0 Å². The first-order valence-electron chi connectivity index (χ1n) is 8.17. The average molecular weight is 422 g/mol. The first kappa shape index (κ1) is 23.8. The van der Waals surface area contributed by atoms with Gasteiger partial charge in [-0.3, -0.25) is 4.79 Å². The number of esters is 2. The SMILES string of the molecule is CC(=O)OCc1ccc2oc(=O)c(C(=O)Oc3cccc(CN)c3)cc2c1.Cl.O. The standard InChI is InChI=1S/C20H17NO6.ClH.H2O/c1-12(22)25-11-14-5-6-18-15(7-14)9-17(20(24)27-18)19(23)26-16-4-2-3-13(8-16)10-21;;/h2-9H,10-11,21H2,1H3;1H;1H2. The largest absolute Gasteiger partial charge is 0.461 e. The molecule has 0 saturated carbocycles. The van der Waals surface area contributed by atoms with Crippen LogP contribution in [0.4, 0.5) is 0 Å².